The minimum Gasteiger partial charge on any atom is -0.478 e. The van der Waals surface area contributed by atoms with Gasteiger partial charge in [0.15, 0.2) is 0 Å². The molecule has 0 spiro atoms. The maximum atomic E-state index is 13.2. The van der Waals surface area contributed by atoms with Crippen LogP contribution in [-0.2, 0) is 16.0 Å². The Morgan fingerprint density at radius 1 is 1.28 bits per heavy atom. The van der Waals surface area contributed by atoms with Crippen molar-refractivity contribution in [2.24, 2.45) is 0 Å². The Kier molecular flexibility index (Phi) is 4.98. The summed E-state index contributed by atoms with van der Waals surface area (Å²) in [6.45, 7) is 0.130. The molecule has 0 saturated carbocycles. The first-order valence-corrected chi connectivity index (χ1v) is 5.12. The number of carbonyl (C=O) groups excluding carboxylic acids is 1. The van der Waals surface area contributed by atoms with Crippen molar-refractivity contribution in [1.29, 1.82) is 0 Å². The summed E-state index contributed by atoms with van der Waals surface area (Å²) in [4.78, 5) is 21.2. The molecule has 1 rings (SSSR count). The van der Waals surface area contributed by atoms with Crippen LogP contribution < -0.4 is 5.32 Å². The predicted octanol–water partition coefficient (Wildman–Crippen LogP) is 1.26. The van der Waals surface area contributed by atoms with Crippen molar-refractivity contribution in [2.75, 3.05) is 6.54 Å². The fourth-order valence-corrected chi connectivity index (χ4v) is 1.25. The van der Waals surface area contributed by atoms with E-state index in [1.165, 1.54) is 6.07 Å². The van der Waals surface area contributed by atoms with Crippen molar-refractivity contribution >= 4 is 11.9 Å². The van der Waals surface area contributed by atoms with E-state index < -0.39 is 23.5 Å². The van der Waals surface area contributed by atoms with E-state index >= 15 is 0 Å². The molecule has 0 radical (unpaired) electrons. The third kappa shape index (κ3) is 4.73. The van der Waals surface area contributed by atoms with Crippen molar-refractivity contribution in [3.63, 3.8) is 0 Å². The van der Waals surface area contributed by atoms with Gasteiger partial charge >= 0.3 is 5.97 Å². The van der Waals surface area contributed by atoms with Crippen LogP contribution in [0.15, 0.2) is 30.4 Å². The standard InChI is InChI=1S/C12H11F2NO3/c13-9-2-1-8(10(14)7-9)5-6-15-11(16)3-4-12(17)18/h1-4,7H,5-6H2,(H,15,16)(H,17,18)/b4-3+. The molecule has 0 aliphatic rings. The molecule has 0 fully saturated rings. The molecule has 2 N–H and O–H groups in total. The molecule has 0 heterocycles. The van der Waals surface area contributed by atoms with Crippen LogP contribution in [0.5, 0.6) is 0 Å². The maximum Gasteiger partial charge on any atom is 0.328 e. The zero-order valence-electron chi connectivity index (χ0n) is 9.32. The van der Waals surface area contributed by atoms with Crippen molar-refractivity contribution in [3.05, 3.63) is 47.5 Å². The molecule has 6 heteroatoms. The number of benzene rings is 1. The molecular formula is C12H11F2NO3. The molecule has 18 heavy (non-hydrogen) atoms. The molecule has 4 nitrogen and oxygen atoms in total. The van der Waals surface area contributed by atoms with Gasteiger partial charge in [0, 0.05) is 24.8 Å². The van der Waals surface area contributed by atoms with E-state index in [1.807, 2.05) is 0 Å². The normalized spacial score (nSPS) is 10.6. The highest BCUT2D eigenvalue weighted by molar-refractivity contribution is 5.93. The van der Waals surface area contributed by atoms with E-state index in [2.05, 4.69) is 5.32 Å². The minimum atomic E-state index is -1.23. The Labute approximate surface area is 102 Å². The Morgan fingerprint density at radius 3 is 2.61 bits per heavy atom. The van der Waals surface area contributed by atoms with Crippen molar-refractivity contribution in [1.82, 2.24) is 5.32 Å². The van der Waals surface area contributed by atoms with Crippen LogP contribution in [0.4, 0.5) is 8.78 Å². The fourth-order valence-electron chi connectivity index (χ4n) is 1.25. The van der Waals surface area contributed by atoms with Crippen molar-refractivity contribution in [3.8, 4) is 0 Å². The van der Waals surface area contributed by atoms with E-state index in [4.69, 9.17) is 5.11 Å². The summed E-state index contributed by atoms with van der Waals surface area (Å²) in [6.07, 6.45) is 1.76. The molecule has 0 atom stereocenters. The number of hydrogen-bond donors (Lipinski definition) is 2. The third-order valence-electron chi connectivity index (χ3n) is 2.09. The van der Waals surface area contributed by atoms with Crippen LogP contribution in [0.1, 0.15) is 5.56 Å². The van der Waals surface area contributed by atoms with E-state index in [9.17, 15) is 18.4 Å². The average molecular weight is 255 g/mol. The second-order valence-electron chi connectivity index (χ2n) is 3.45. The highest BCUT2D eigenvalue weighted by atomic mass is 19.1. The molecule has 0 saturated heterocycles. The zero-order valence-corrected chi connectivity index (χ0v) is 9.32. The molecule has 1 aromatic carbocycles. The number of amides is 1. The van der Waals surface area contributed by atoms with E-state index in [1.54, 1.807) is 0 Å². The van der Waals surface area contributed by atoms with Gasteiger partial charge in [-0.3, -0.25) is 4.79 Å². The number of halogens is 2. The van der Waals surface area contributed by atoms with Gasteiger partial charge in [0.05, 0.1) is 0 Å². The quantitative estimate of drug-likeness (QED) is 0.778. The molecule has 0 aromatic heterocycles. The van der Waals surface area contributed by atoms with E-state index in [0.717, 1.165) is 18.2 Å². The summed E-state index contributed by atoms with van der Waals surface area (Å²) >= 11 is 0. The maximum absolute atomic E-state index is 13.2. The lowest BCUT2D eigenvalue weighted by Crippen LogP contribution is -2.24. The summed E-state index contributed by atoms with van der Waals surface area (Å²) in [5, 5.41) is 10.7. The number of aliphatic carboxylic acids is 1. The highest BCUT2D eigenvalue weighted by Gasteiger charge is 2.04. The second kappa shape index (κ2) is 6.48. The van der Waals surface area contributed by atoms with Gasteiger partial charge < -0.3 is 10.4 Å². The Morgan fingerprint density at radius 2 is 2.00 bits per heavy atom. The van der Waals surface area contributed by atoms with Gasteiger partial charge in [-0.15, -0.1) is 0 Å². The van der Waals surface area contributed by atoms with Crippen LogP contribution in [-0.4, -0.2) is 23.5 Å². The lowest BCUT2D eigenvalue weighted by atomic mass is 10.1. The molecule has 96 valence electrons. The van der Waals surface area contributed by atoms with Crippen LogP contribution in [0, 0.1) is 11.6 Å². The van der Waals surface area contributed by atoms with Crippen LogP contribution >= 0.6 is 0 Å². The number of nitrogens with one attached hydrogen (secondary N) is 1. The van der Waals surface area contributed by atoms with Gasteiger partial charge in [-0.25, -0.2) is 13.6 Å². The molecule has 0 aliphatic heterocycles. The first kappa shape index (κ1) is 13.8. The van der Waals surface area contributed by atoms with Crippen LogP contribution in [0.25, 0.3) is 0 Å². The zero-order chi connectivity index (χ0) is 13.5. The summed E-state index contributed by atoms with van der Waals surface area (Å²) in [6, 6.07) is 3.19. The molecule has 1 aromatic rings. The lowest BCUT2D eigenvalue weighted by Gasteiger charge is -2.04. The number of rotatable bonds is 5. The first-order valence-electron chi connectivity index (χ1n) is 5.12. The molecule has 0 bridgehead atoms. The number of carboxylic acids is 1. The van der Waals surface area contributed by atoms with E-state index in [0.29, 0.717) is 6.08 Å². The molecule has 0 unspecified atom stereocenters. The monoisotopic (exact) mass is 255 g/mol. The fraction of sp³-hybridized carbons (Fsp3) is 0.167. The highest BCUT2D eigenvalue weighted by Crippen LogP contribution is 2.09. The summed E-state index contributed by atoms with van der Waals surface area (Å²) in [7, 11) is 0. The largest absolute Gasteiger partial charge is 0.478 e. The van der Waals surface area contributed by atoms with Gasteiger partial charge in [0.1, 0.15) is 11.6 Å². The van der Waals surface area contributed by atoms with Gasteiger partial charge in [-0.1, -0.05) is 6.07 Å². The average Bonchev–Trinajstić information content (AvgIpc) is 2.29. The van der Waals surface area contributed by atoms with Gasteiger partial charge in [0.25, 0.3) is 0 Å². The van der Waals surface area contributed by atoms with Crippen molar-refractivity contribution in [2.45, 2.75) is 6.42 Å². The summed E-state index contributed by atoms with van der Waals surface area (Å²) in [5.74, 6) is -3.15. The molecule has 0 aliphatic carbocycles. The number of carboxylic acid groups (broad SMARTS) is 1. The van der Waals surface area contributed by atoms with Crippen molar-refractivity contribution < 1.29 is 23.5 Å². The second-order valence-corrected chi connectivity index (χ2v) is 3.45. The minimum absolute atomic E-state index is 0.130. The molecular weight excluding hydrogens is 244 g/mol. The van der Waals surface area contributed by atoms with Gasteiger partial charge in [0.2, 0.25) is 5.91 Å². The lowest BCUT2D eigenvalue weighted by molar-refractivity contribution is -0.131. The summed E-state index contributed by atoms with van der Waals surface area (Å²) < 4.78 is 25.8. The number of carbonyl (C=O) groups is 2. The third-order valence-corrected chi connectivity index (χ3v) is 2.09. The predicted molar refractivity (Wildman–Crippen MR) is 59.8 cm³/mol. The van der Waals surface area contributed by atoms with Gasteiger partial charge in [-0.05, 0) is 18.1 Å². The SMILES string of the molecule is O=C(O)/C=C/C(=O)NCCc1ccc(F)cc1F. The Balaban J connectivity index is 2.42. The molecule has 1 amide bonds. The number of hydrogen-bond acceptors (Lipinski definition) is 2. The van der Waals surface area contributed by atoms with Crippen LogP contribution in [0.2, 0.25) is 0 Å². The van der Waals surface area contributed by atoms with Crippen LogP contribution in [0.3, 0.4) is 0 Å². The Hall–Kier alpha value is -2.24. The first-order chi connectivity index (χ1) is 8.49. The Bertz CT molecular complexity index is 486. The summed E-state index contributed by atoms with van der Waals surface area (Å²) in [5.41, 5.74) is 0.277. The van der Waals surface area contributed by atoms with E-state index in [-0.39, 0.29) is 18.5 Å². The smallest absolute Gasteiger partial charge is 0.328 e. The topological polar surface area (TPSA) is 66.4 Å². The van der Waals surface area contributed by atoms with Gasteiger partial charge in [-0.2, -0.15) is 0 Å².